The second-order valence-corrected chi connectivity index (χ2v) is 5.46. The first-order chi connectivity index (χ1) is 5.75. The molecule has 0 radical (unpaired) electrons. The van der Waals surface area contributed by atoms with E-state index >= 15 is 0 Å². The van der Waals surface area contributed by atoms with E-state index in [0.29, 0.717) is 0 Å². The summed E-state index contributed by atoms with van der Waals surface area (Å²) >= 11 is 12.3. The Bertz CT molecular complexity index is 357. The van der Waals surface area contributed by atoms with Crippen molar-refractivity contribution >= 4 is 50.2 Å². The van der Waals surface area contributed by atoms with Gasteiger partial charge in [0.25, 0.3) is 0 Å². The maximum absolute atomic E-state index is 5.80. The van der Waals surface area contributed by atoms with Gasteiger partial charge in [-0.05, 0) is 28.1 Å². The summed E-state index contributed by atoms with van der Waals surface area (Å²) in [6, 6.07) is 3.87. The molecular formula is C7H3BrClNS2. The van der Waals surface area contributed by atoms with Gasteiger partial charge in [-0.2, -0.15) is 0 Å². The van der Waals surface area contributed by atoms with Crippen molar-refractivity contribution in [2.45, 2.75) is 0 Å². The van der Waals surface area contributed by atoms with Crippen LogP contribution in [0.3, 0.4) is 0 Å². The lowest BCUT2D eigenvalue weighted by molar-refractivity contribution is 1.37. The summed E-state index contributed by atoms with van der Waals surface area (Å²) in [7, 11) is 0. The van der Waals surface area contributed by atoms with Crippen LogP contribution in [0, 0.1) is 0 Å². The van der Waals surface area contributed by atoms with Crippen molar-refractivity contribution in [3.63, 3.8) is 0 Å². The zero-order valence-corrected chi connectivity index (χ0v) is 9.73. The Hall–Kier alpha value is 0.1000. The maximum atomic E-state index is 5.80. The van der Waals surface area contributed by atoms with Gasteiger partial charge in [0.2, 0.25) is 0 Å². The van der Waals surface area contributed by atoms with Crippen molar-refractivity contribution in [2.24, 2.45) is 0 Å². The molecule has 2 aromatic rings. The molecule has 2 heterocycles. The molecule has 0 bridgehead atoms. The molecule has 5 heteroatoms. The average Bonchev–Trinajstić information content (AvgIpc) is 2.58. The van der Waals surface area contributed by atoms with E-state index in [0.717, 1.165) is 18.8 Å². The van der Waals surface area contributed by atoms with Gasteiger partial charge in [-0.3, -0.25) is 0 Å². The minimum absolute atomic E-state index is 0.802. The minimum Gasteiger partial charge on any atom is -0.228 e. The highest BCUT2D eigenvalue weighted by atomic mass is 79.9. The minimum atomic E-state index is 0.802. The molecule has 0 amide bonds. The average molecular weight is 281 g/mol. The summed E-state index contributed by atoms with van der Waals surface area (Å²) < 4.78 is 1.68. The molecule has 2 aromatic heterocycles. The largest absolute Gasteiger partial charge is 0.228 e. The highest BCUT2D eigenvalue weighted by Crippen LogP contribution is 2.33. The molecule has 0 atom stereocenters. The zero-order valence-electron chi connectivity index (χ0n) is 5.75. The Balaban J connectivity index is 2.43. The van der Waals surface area contributed by atoms with E-state index in [9.17, 15) is 0 Å². The van der Waals surface area contributed by atoms with Crippen molar-refractivity contribution < 1.29 is 0 Å². The number of thiazole rings is 1. The van der Waals surface area contributed by atoms with E-state index in [4.69, 9.17) is 11.6 Å². The fourth-order valence-corrected chi connectivity index (χ4v) is 3.17. The topological polar surface area (TPSA) is 12.9 Å². The molecule has 0 aromatic carbocycles. The van der Waals surface area contributed by atoms with Crippen LogP contribution in [0.4, 0.5) is 0 Å². The third-order valence-electron chi connectivity index (χ3n) is 1.26. The lowest BCUT2D eigenvalue weighted by atomic mass is 10.5. The van der Waals surface area contributed by atoms with Crippen molar-refractivity contribution in [3.8, 4) is 9.88 Å². The molecule has 2 rings (SSSR count). The number of nitrogens with zero attached hydrogens (tertiary/aromatic N) is 1. The lowest BCUT2D eigenvalue weighted by Crippen LogP contribution is -1.66. The van der Waals surface area contributed by atoms with Crippen molar-refractivity contribution in [3.05, 3.63) is 26.5 Å². The van der Waals surface area contributed by atoms with Crippen molar-refractivity contribution in [1.29, 1.82) is 0 Å². The Labute approximate surface area is 91.2 Å². The summed E-state index contributed by atoms with van der Waals surface area (Å²) in [5.41, 5.74) is 0. The molecule has 62 valence electrons. The fourth-order valence-electron chi connectivity index (χ4n) is 0.797. The van der Waals surface area contributed by atoms with E-state index in [-0.39, 0.29) is 0 Å². The van der Waals surface area contributed by atoms with E-state index in [1.807, 2.05) is 17.5 Å². The van der Waals surface area contributed by atoms with Crippen LogP contribution >= 0.6 is 50.2 Å². The molecule has 0 spiro atoms. The van der Waals surface area contributed by atoms with Gasteiger partial charge in [0.1, 0.15) is 9.61 Å². The monoisotopic (exact) mass is 279 g/mol. The Morgan fingerprint density at radius 1 is 1.42 bits per heavy atom. The third-order valence-corrected chi connectivity index (χ3v) is 4.21. The van der Waals surface area contributed by atoms with Gasteiger partial charge < -0.3 is 0 Å². The van der Waals surface area contributed by atoms with Gasteiger partial charge in [-0.1, -0.05) is 11.6 Å². The van der Waals surface area contributed by atoms with Crippen LogP contribution in [0.1, 0.15) is 0 Å². The zero-order chi connectivity index (χ0) is 8.55. The van der Waals surface area contributed by atoms with Gasteiger partial charge in [0, 0.05) is 5.38 Å². The van der Waals surface area contributed by atoms with Crippen molar-refractivity contribution in [1.82, 2.24) is 4.98 Å². The van der Waals surface area contributed by atoms with Gasteiger partial charge in [0.05, 0.1) is 9.21 Å². The lowest BCUT2D eigenvalue weighted by Gasteiger charge is -1.84. The van der Waals surface area contributed by atoms with Crippen LogP contribution in [-0.4, -0.2) is 4.98 Å². The second kappa shape index (κ2) is 3.46. The summed E-state index contributed by atoms with van der Waals surface area (Å²) in [5.74, 6) is 0. The number of hydrogen-bond donors (Lipinski definition) is 0. The second-order valence-electron chi connectivity index (χ2n) is 2.08. The molecule has 0 aliphatic heterocycles. The molecule has 0 unspecified atom stereocenters. The molecule has 0 aliphatic rings. The SMILES string of the molecule is Clc1ccc(-c2nc(Br)cs2)s1. The molecule has 0 N–H and O–H groups in total. The van der Waals surface area contributed by atoms with Crippen LogP contribution in [0.5, 0.6) is 0 Å². The maximum Gasteiger partial charge on any atom is 0.134 e. The normalized spacial score (nSPS) is 10.5. The molecule has 12 heavy (non-hydrogen) atoms. The highest BCUT2D eigenvalue weighted by molar-refractivity contribution is 9.10. The van der Waals surface area contributed by atoms with E-state index in [1.54, 1.807) is 22.7 Å². The first-order valence-electron chi connectivity index (χ1n) is 3.12. The molecule has 0 saturated heterocycles. The van der Waals surface area contributed by atoms with Crippen molar-refractivity contribution in [2.75, 3.05) is 0 Å². The number of aromatic nitrogens is 1. The third kappa shape index (κ3) is 1.71. The number of halogens is 2. The standard InChI is InChI=1S/C7H3BrClNS2/c8-5-3-11-7(10-5)4-1-2-6(9)12-4/h1-3H. The number of thiophene rings is 1. The Morgan fingerprint density at radius 3 is 2.75 bits per heavy atom. The van der Waals surface area contributed by atoms with Gasteiger partial charge in [-0.15, -0.1) is 22.7 Å². The first kappa shape index (κ1) is 8.69. The molecule has 0 saturated carbocycles. The van der Waals surface area contributed by atoms with Crippen LogP contribution in [0.25, 0.3) is 9.88 Å². The summed E-state index contributed by atoms with van der Waals surface area (Å²) in [5, 5.41) is 2.97. The Morgan fingerprint density at radius 2 is 2.25 bits per heavy atom. The molecule has 1 nitrogen and oxygen atoms in total. The molecular weight excluding hydrogens is 278 g/mol. The van der Waals surface area contributed by atoms with Crippen LogP contribution < -0.4 is 0 Å². The Kier molecular flexibility index (Phi) is 2.50. The van der Waals surface area contributed by atoms with Gasteiger partial charge in [-0.25, -0.2) is 4.98 Å². The summed E-state index contributed by atoms with van der Waals surface area (Å²) in [6.07, 6.45) is 0. The number of hydrogen-bond acceptors (Lipinski definition) is 3. The smallest absolute Gasteiger partial charge is 0.134 e. The number of rotatable bonds is 1. The van der Waals surface area contributed by atoms with Crippen LogP contribution in [0.2, 0.25) is 4.34 Å². The van der Waals surface area contributed by atoms with Crippen LogP contribution in [0.15, 0.2) is 22.1 Å². The van der Waals surface area contributed by atoms with Crippen LogP contribution in [-0.2, 0) is 0 Å². The molecule has 0 fully saturated rings. The first-order valence-corrected chi connectivity index (χ1v) is 5.99. The predicted octanol–water partition coefficient (Wildman–Crippen LogP) is 4.29. The van der Waals surface area contributed by atoms with E-state index in [2.05, 4.69) is 20.9 Å². The summed E-state index contributed by atoms with van der Waals surface area (Å²) in [4.78, 5) is 5.40. The van der Waals surface area contributed by atoms with E-state index in [1.165, 1.54) is 0 Å². The van der Waals surface area contributed by atoms with Gasteiger partial charge >= 0.3 is 0 Å². The quantitative estimate of drug-likeness (QED) is 0.759. The van der Waals surface area contributed by atoms with Gasteiger partial charge in [0.15, 0.2) is 0 Å². The molecule has 0 aliphatic carbocycles. The fraction of sp³-hybridized carbons (Fsp3) is 0. The summed E-state index contributed by atoms with van der Waals surface area (Å²) in [6.45, 7) is 0. The predicted molar refractivity (Wildman–Crippen MR) is 58.1 cm³/mol. The highest BCUT2D eigenvalue weighted by Gasteiger charge is 2.05. The van der Waals surface area contributed by atoms with E-state index < -0.39 is 0 Å².